The van der Waals surface area contributed by atoms with Crippen LogP contribution < -0.4 is 15.8 Å². The van der Waals surface area contributed by atoms with Gasteiger partial charge in [-0.2, -0.15) is 0 Å². The summed E-state index contributed by atoms with van der Waals surface area (Å²) in [5.74, 6) is 0.734. The highest BCUT2D eigenvalue weighted by molar-refractivity contribution is 6.33. The molecule has 0 bridgehead atoms. The Balaban J connectivity index is 1.27. The van der Waals surface area contributed by atoms with Crippen LogP contribution in [0.5, 0.6) is 5.88 Å². The number of nitrogens with one attached hydrogen (secondary N) is 2. The molecule has 4 aromatic rings. The van der Waals surface area contributed by atoms with Crippen molar-refractivity contribution < 1.29 is 9.53 Å². The normalized spacial score (nSPS) is 17.8. The number of hydrogen-bond donors (Lipinski definition) is 3. The highest BCUT2D eigenvalue weighted by atomic mass is 35.5. The van der Waals surface area contributed by atoms with Crippen LogP contribution in [-0.4, -0.2) is 50.1 Å². The first-order chi connectivity index (χ1) is 17.0. The lowest BCUT2D eigenvalue weighted by Gasteiger charge is -2.35. The van der Waals surface area contributed by atoms with Crippen LogP contribution in [0.25, 0.3) is 22.2 Å². The Bertz CT molecular complexity index is 1340. The Morgan fingerprint density at radius 3 is 2.89 bits per heavy atom. The number of benzene rings is 1. The molecule has 1 aromatic carbocycles. The largest absolute Gasteiger partial charge is 0.416 e. The number of H-pyrrole nitrogens is 1. The predicted molar refractivity (Wildman–Crippen MR) is 136 cm³/mol. The van der Waals surface area contributed by atoms with Gasteiger partial charge in [0.05, 0.1) is 28.8 Å². The summed E-state index contributed by atoms with van der Waals surface area (Å²) in [5, 5.41) is 4.98. The van der Waals surface area contributed by atoms with E-state index < -0.39 is 6.09 Å². The number of carbonyl (C=O) groups is 1. The van der Waals surface area contributed by atoms with Crippen molar-refractivity contribution in [1.29, 1.82) is 0 Å². The van der Waals surface area contributed by atoms with Gasteiger partial charge < -0.3 is 25.7 Å². The second-order valence-corrected chi connectivity index (χ2v) is 9.12. The van der Waals surface area contributed by atoms with Gasteiger partial charge in [-0.3, -0.25) is 0 Å². The van der Waals surface area contributed by atoms with Gasteiger partial charge in [0.2, 0.25) is 11.8 Å². The molecule has 0 spiro atoms. The number of halogens is 1. The maximum Gasteiger partial charge on any atom is 0.416 e. The molecule has 9 nitrogen and oxygen atoms in total. The summed E-state index contributed by atoms with van der Waals surface area (Å²) in [6.07, 6.45) is 8.09. The summed E-state index contributed by atoms with van der Waals surface area (Å²) >= 11 is 6.47. The van der Waals surface area contributed by atoms with Crippen LogP contribution in [0.4, 0.5) is 16.4 Å². The predicted octanol–water partition coefficient (Wildman–Crippen LogP) is 5.11. The number of aromatic nitrogens is 4. The summed E-state index contributed by atoms with van der Waals surface area (Å²) < 4.78 is 5.40. The van der Waals surface area contributed by atoms with Crippen molar-refractivity contribution in [2.75, 3.05) is 18.1 Å². The zero-order valence-corrected chi connectivity index (χ0v) is 20.0. The Morgan fingerprint density at radius 1 is 1.20 bits per heavy atom. The fourth-order valence-corrected chi connectivity index (χ4v) is 4.68. The minimum Gasteiger partial charge on any atom is -0.397 e. The maximum atomic E-state index is 12.7. The molecule has 0 aliphatic heterocycles. The van der Waals surface area contributed by atoms with Gasteiger partial charge in [-0.05, 0) is 37.8 Å². The van der Waals surface area contributed by atoms with Crippen LogP contribution in [0, 0.1) is 0 Å². The Labute approximate surface area is 207 Å². The van der Waals surface area contributed by atoms with E-state index in [0.717, 1.165) is 42.1 Å². The van der Waals surface area contributed by atoms with E-state index in [9.17, 15) is 4.79 Å². The monoisotopic (exact) mass is 491 g/mol. The van der Waals surface area contributed by atoms with Gasteiger partial charge in [0.25, 0.3) is 0 Å². The van der Waals surface area contributed by atoms with Gasteiger partial charge in [-0.1, -0.05) is 29.8 Å². The molecule has 1 amide bonds. The van der Waals surface area contributed by atoms with Gasteiger partial charge in [0.1, 0.15) is 0 Å². The summed E-state index contributed by atoms with van der Waals surface area (Å²) in [6.45, 7) is 0. The van der Waals surface area contributed by atoms with E-state index in [4.69, 9.17) is 27.1 Å². The van der Waals surface area contributed by atoms with Crippen LogP contribution in [0.1, 0.15) is 25.7 Å². The fourth-order valence-electron chi connectivity index (χ4n) is 4.49. The van der Waals surface area contributed by atoms with Crippen molar-refractivity contribution in [2.24, 2.45) is 0 Å². The Hall–Kier alpha value is -3.85. The van der Waals surface area contributed by atoms with Gasteiger partial charge in [0, 0.05) is 47.9 Å². The standard InChI is InChI=1S/C25H26ClN7O2/c1-33(25(34)35-22-10-9-15(27)12-29-22)17-6-4-5-16(11-17)31-24-30-14-20(26)23(32-24)19-13-28-21-8-3-2-7-18(19)21/h2-3,7-10,12-14,16-17,28H,4-6,11,27H2,1H3,(H,30,31,32)/t16-,17+/m1/s1. The zero-order valence-electron chi connectivity index (χ0n) is 19.2. The molecule has 10 heteroatoms. The van der Waals surface area contributed by atoms with Gasteiger partial charge in [-0.15, -0.1) is 0 Å². The van der Waals surface area contributed by atoms with Crippen molar-refractivity contribution in [3.05, 3.63) is 60.0 Å². The number of aromatic amines is 1. The van der Waals surface area contributed by atoms with Gasteiger partial charge >= 0.3 is 6.09 Å². The average molecular weight is 492 g/mol. The van der Waals surface area contributed by atoms with Crippen molar-refractivity contribution >= 4 is 40.2 Å². The SMILES string of the molecule is CN(C(=O)Oc1ccc(N)cn1)[C@H]1CCC[C@@H](Nc2ncc(Cl)c(-c3c[nH]c4ccccc34)n2)C1. The number of anilines is 2. The van der Waals surface area contributed by atoms with Crippen molar-refractivity contribution in [3.8, 4) is 17.1 Å². The molecule has 5 rings (SSSR count). The number of nitrogens with two attached hydrogens (primary N) is 1. The molecule has 35 heavy (non-hydrogen) atoms. The number of nitrogens with zero attached hydrogens (tertiary/aromatic N) is 4. The molecule has 1 aliphatic rings. The molecule has 3 heterocycles. The van der Waals surface area contributed by atoms with E-state index in [-0.39, 0.29) is 18.0 Å². The topological polar surface area (TPSA) is 122 Å². The van der Waals surface area contributed by atoms with Crippen LogP contribution in [0.3, 0.4) is 0 Å². The first-order valence-corrected chi connectivity index (χ1v) is 11.9. The molecule has 4 N–H and O–H groups in total. The molecule has 0 unspecified atom stereocenters. The maximum absolute atomic E-state index is 12.7. The molecular formula is C25H26ClN7O2. The fraction of sp³-hybridized carbons (Fsp3) is 0.280. The second-order valence-electron chi connectivity index (χ2n) is 8.71. The minimum absolute atomic E-state index is 0.0166. The third-order valence-electron chi connectivity index (χ3n) is 6.36. The lowest BCUT2D eigenvalue weighted by atomic mass is 9.90. The second kappa shape index (κ2) is 9.79. The van der Waals surface area contributed by atoms with Gasteiger partial charge in [-0.25, -0.2) is 19.7 Å². The van der Waals surface area contributed by atoms with Crippen molar-refractivity contribution in [1.82, 2.24) is 24.8 Å². The highest BCUT2D eigenvalue weighted by Gasteiger charge is 2.29. The van der Waals surface area contributed by atoms with Crippen molar-refractivity contribution in [3.63, 3.8) is 0 Å². The number of pyridine rings is 1. The summed E-state index contributed by atoms with van der Waals surface area (Å²) in [5.41, 5.74) is 8.77. The number of nitrogen functional groups attached to an aromatic ring is 1. The molecule has 0 saturated heterocycles. The Kier molecular flexibility index (Phi) is 6.41. The van der Waals surface area contributed by atoms with E-state index in [0.29, 0.717) is 22.4 Å². The molecule has 3 aromatic heterocycles. The average Bonchev–Trinajstić information content (AvgIpc) is 3.30. The zero-order chi connectivity index (χ0) is 24.4. The van der Waals surface area contributed by atoms with E-state index in [1.165, 1.54) is 6.20 Å². The summed E-state index contributed by atoms with van der Waals surface area (Å²) in [7, 11) is 1.75. The highest BCUT2D eigenvalue weighted by Crippen LogP contribution is 2.33. The lowest BCUT2D eigenvalue weighted by molar-refractivity contribution is 0.129. The van der Waals surface area contributed by atoms with E-state index in [1.54, 1.807) is 30.3 Å². The molecule has 1 saturated carbocycles. The minimum atomic E-state index is -0.447. The van der Waals surface area contributed by atoms with Crippen LogP contribution in [-0.2, 0) is 0 Å². The van der Waals surface area contributed by atoms with Crippen LogP contribution in [0.15, 0.2) is 55.0 Å². The van der Waals surface area contributed by atoms with Gasteiger partial charge in [0.15, 0.2) is 0 Å². The van der Waals surface area contributed by atoms with E-state index in [2.05, 4.69) is 20.3 Å². The first-order valence-electron chi connectivity index (χ1n) is 11.5. The van der Waals surface area contributed by atoms with Crippen LogP contribution in [0.2, 0.25) is 5.02 Å². The quantitative estimate of drug-likeness (QED) is 0.354. The van der Waals surface area contributed by atoms with Crippen LogP contribution >= 0.6 is 11.6 Å². The lowest BCUT2D eigenvalue weighted by Crippen LogP contribution is -2.44. The third kappa shape index (κ3) is 5.00. The molecule has 180 valence electrons. The molecular weight excluding hydrogens is 466 g/mol. The number of hydrogen-bond acceptors (Lipinski definition) is 7. The third-order valence-corrected chi connectivity index (χ3v) is 6.63. The molecule has 0 radical (unpaired) electrons. The summed E-state index contributed by atoms with van der Waals surface area (Å²) in [4.78, 5) is 30.7. The number of amides is 1. The van der Waals surface area contributed by atoms with E-state index in [1.807, 2.05) is 30.5 Å². The molecule has 2 atom stereocenters. The van der Waals surface area contributed by atoms with E-state index >= 15 is 0 Å². The van der Waals surface area contributed by atoms with Crippen molar-refractivity contribution in [2.45, 2.75) is 37.8 Å². The number of carbonyl (C=O) groups excluding carboxylic acids is 1. The Morgan fingerprint density at radius 2 is 2.06 bits per heavy atom. The molecule has 1 aliphatic carbocycles. The number of fused-ring (bicyclic) bond motifs is 1. The summed E-state index contributed by atoms with van der Waals surface area (Å²) in [6, 6.07) is 11.4. The number of para-hydroxylation sites is 1. The smallest absolute Gasteiger partial charge is 0.397 e. The number of ether oxygens (including phenoxy) is 1. The molecule has 1 fully saturated rings. The number of rotatable bonds is 5. The first kappa shape index (κ1) is 22.9.